The number of fused-ring (bicyclic) bond motifs is 5. The third-order valence-corrected chi connectivity index (χ3v) is 4.35. The van der Waals surface area contributed by atoms with Gasteiger partial charge in [-0.2, -0.15) is 0 Å². The third kappa shape index (κ3) is 0.687. The van der Waals surface area contributed by atoms with E-state index < -0.39 is 0 Å². The molecular weight excluding hydrogens is 146 g/mol. The van der Waals surface area contributed by atoms with Crippen LogP contribution in [0.5, 0.6) is 0 Å². The molecule has 0 N–H and O–H groups in total. The van der Waals surface area contributed by atoms with Gasteiger partial charge in [0.05, 0.1) is 0 Å². The highest BCUT2D eigenvalue weighted by Crippen LogP contribution is 2.54. The van der Waals surface area contributed by atoms with Gasteiger partial charge in [-0.25, -0.2) is 0 Å². The lowest BCUT2D eigenvalue weighted by atomic mass is 9.86. The first kappa shape index (κ1) is 7.14. The van der Waals surface area contributed by atoms with Crippen LogP contribution in [0.25, 0.3) is 0 Å². The Morgan fingerprint density at radius 3 is 2.08 bits per heavy atom. The number of likely N-dealkylation sites (tertiary alicyclic amines) is 1. The van der Waals surface area contributed by atoms with E-state index in [9.17, 15) is 0 Å². The van der Waals surface area contributed by atoms with Gasteiger partial charge in [0.15, 0.2) is 0 Å². The fourth-order valence-corrected chi connectivity index (χ4v) is 3.81. The van der Waals surface area contributed by atoms with Crippen molar-refractivity contribution in [1.29, 1.82) is 0 Å². The molecule has 2 fully saturated rings. The number of hydrogen-bond donors (Lipinski definition) is 0. The van der Waals surface area contributed by atoms with E-state index in [4.69, 9.17) is 0 Å². The average molecular weight is 163 g/mol. The van der Waals surface area contributed by atoms with Gasteiger partial charge < -0.3 is 4.90 Å². The second kappa shape index (κ2) is 2.14. The predicted octanol–water partition coefficient (Wildman–Crippen LogP) is 1.62. The van der Waals surface area contributed by atoms with Crippen molar-refractivity contribution < 1.29 is 0 Å². The number of rotatable bonds is 0. The second-order valence-corrected chi connectivity index (χ2v) is 4.95. The summed E-state index contributed by atoms with van der Waals surface area (Å²) in [5.41, 5.74) is 0. The number of hydrogen-bond acceptors (Lipinski definition) is 1. The summed E-state index contributed by atoms with van der Waals surface area (Å²) in [6.07, 6.45) is 4.96. The Kier molecular flexibility index (Phi) is 1.27. The van der Waals surface area contributed by atoms with Gasteiger partial charge in [-0.05, 0) is 36.6 Å². The van der Waals surface area contributed by atoms with Gasteiger partial charge in [0, 0.05) is 13.1 Å². The zero-order valence-corrected chi connectivity index (χ0v) is 7.90. The summed E-state index contributed by atoms with van der Waals surface area (Å²) < 4.78 is 0. The van der Waals surface area contributed by atoms with Gasteiger partial charge in [0.2, 0.25) is 0 Å². The van der Waals surface area contributed by atoms with Crippen molar-refractivity contribution in [2.75, 3.05) is 20.1 Å². The van der Waals surface area contributed by atoms with Crippen molar-refractivity contribution in [3.63, 3.8) is 0 Å². The van der Waals surface area contributed by atoms with E-state index in [2.05, 4.69) is 31.0 Å². The highest BCUT2D eigenvalue weighted by molar-refractivity contribution is 5.18. The van der Waals surface area contributed by atoms with Gasteiger partial charge >= 0.3 is 0 Å². The molecule has 1 heterocycles. The monoisotopic (exact) mass is 163 g/mol. The van der Waals surface area contributed by atoms with E-state index in [1.54, 1.807) is 0 Å². The van der Waals surface area contributed by atoms with Gasteiger partial charge in [-0.3, -0.25) is 0 Å². The van der Waals surface area contributed by atoms with Gasteiger partial charge in [-0.15, -0.1) is 0 Å². The Morgan fingerprint density at radius 2 is 1.58 bits per heavy atom. The van der Waals surface area contributed by atoms with E-state index >= 15 is 0 Å². The summed E-state index contributed by atoms with van der Waals surface area (Å²) in [4.78, 5) is 2.51. The molecule has 0 amide bonds. The van der Waals surface area contributed by atoms with Crippen molar-refractivity contribution in [3.8, 4) is 0 Å². The van der Waals surface area contributed by atoms with Crippen LogP contribution in [-0.4, -0.2) is 25.0 Å². The van der Waals surface area contributed by atoms with E-state index in [1.807, 2.05) is 0 Å². The first-order valence-corrected chi connectivity index (χ1v) is 5.14. The van der Waals surface area contributed by atoms with E-state index in [-0.39, 0.29) is 0 Å². The Morgan fingerprint density at radius 1 is 1.08 bits per heavy atom. The van der Waals surface area contributed by atoms with Crippen molar-refractivity contribution in [3.05, 3.63) is 12.2 Å². The minimum atomic E-state index is 0.921. The van der Waals surface area contributed by atoms with E-state index in [0.29, 0.717) is 0 Å². The molecule has 1 saturated carbocycles. The van der Waals surface area contributed by atoms with Crippen molar-refractivity contribution >= 4 is 0 Å². The normalized spacial score (nSPS) is 56.7. The molecular formula is C11H17N. The maximum Gasteiger partial charge on any atom is 0.00158 e. The summed E-state index contributed by atoms with van der Waals surface area (Å²) in [5.74, 6) is 4.79. The van der Waals surface area contributed by atoms with Crippen LogP contribution in [0.3, 0.4) is 0 Å². The summed E-state index contributed by atoms with van der Waals surface area (Å²) in [6, 6.07) is 0. The zero-order valence-electron chi connectivity index (χ0n) is 7.90. The lowest BCUT2D eigenvalue weighted by Crippen LogP contribution is -2.20. The first-order chi connectivity index (χ1) is 5.77. The second-order valence-electron chi connectivity index (χ2n) is 4.95. The van der Waals surface area contributed by atoms with E-state index in [1.165, 1.54) is 13.1 Å². The Balaban J connectivity index is 1.93. The van der Waals surface area contributed by atoms with E-state index in [0.717, 1.165) is 29.6 Å². The zero-order chi connectivity index (χ0) is 8.29. The Bertz CT molecular complexity index is 211. The lowest BCUT2D eigenvalue weighted by Gasteiger charge is -2.17. The van der Waals surface area contributed by atoms with Crippen LogP contribution in [0.15, 0.2) is 12.2 Å². The van der Waals surface area contributed by atoms with Gasteiger partial charge in [0.1, 0.15) is 0 Å². The highest BCUT2D eigenvalue weighted by atomic mass is 15.1. The van der Waals surface area contributed by atoms with Crippen LogP contribution in [0, 0.1) is 29.6 Å². The largest absolute Gasteiger partial charge is 0.306 e. The van der Waals surface area contributed by atoms with Crippen LogP contribution < -0.4 is 0 Å². The number of allylic oxidation sites excluding steroid dienone is 2. The maximum absolute atomic E-state index is 2.51. The van der Waals surface area contributed by atoms with Gasteiger partial charge in [-0.1, -0.05) is 19.1 Å². The molecule has 1 heteroatoms. The molecule has 5 atom stereocenters. The average Bonchev–Trinajstić information content (AvgIpc) is 2.60. The molecule has 0 spiro atoms. The first-order valence-electron chi connectivity index (χ1n) is 5.14. The third-order valence-electron chi connectivity index (χ3n) is 4.35. The summed E-state index contributed by atoms with van der Waals surface area (Å²) in [6.45, 7) is 5.13. The molecule has 66 valence electrons. The summed E-state index contributed by atoms with van der Waals surface area (Å²) >= 11 is 0. The van der Waals surface area contributed by atoms with Crippen molar-refractivity contribution in [1.82, 2.24) is 4.90 Å². The smallest absolute Gasteiger partial charge is 0.00158 e. The molecule has 3 rings (SSSR count). The van der Waals surface area contributed by atoms with Crippen molar-refractivity contribution in [2.24, 2.45) is 29.6 Å². The van der Waals surface area contributed by atoms with Crippen LogP contribution in [-0.2, 0) is 0 Å². The Labute approximate surface area is 74.4 Å². The van der Waals surface area contributed by atoms with Crippen LogP contribution in [0.4, 0.5) is 0 Å². The topological polar surface area (TPSA) is 3.24 Å². The molecule has 3 aliphatic rings. The molecule has 1 aliphatic heterocycles. The predicted molar refractivity (Wildman–Crippen MR) is 49.8 cm³/mol. The molecule has 12 heavy (non-hydrogen) atoms. The molecule has 0 radical (unpaired) electrons. The summed E-state index contributed by atoms with van der Waals surface area (Å²) in [5, 5.41) is 0. The maximum atomic E-state index is 2.51. The summed E-state index contributed by atoms with van der Waals surface area (Å²) in [7, 11) is 2.27. The Hall–Kier alpha value is -0.300. The van der Waals surface area contributed by atoms with Gasteiger partial charge in [0.25, 0.3) is 0 Å². The fraction of sp³-hybridized carbons (Fsp3) is 0.818. The molecule has 3 unspecified atom stereocenters. The molecule has 0 aromatic carbocycles. The fourth-order valence-electron chi connectivity index (χ4n) is 3.81. The SMILES string of the molecule is CC1C2C=CC1[C@@H]1CN(C)C[C@H]21. The molecule has 2 bridgehead atoms. The lowest BCUT2D eigenvalue weighted by molar-refractivity contribution is 0.319. The molecule has 1 saturated heterocycles. The molecule has 0 aromatic rings. The quantitative estimate of drug-likeness (QED) is 0.490. The van der Waals surface area contributed by atoms with Crippen LogP contribution in [0.2, 0.25) is 0 Å². The standard InChI is InChI=1S/C11H17N/c1-7-8-3-4-9(7)11-6-12(2)5-10(8)11/h3-4,7-11H,5-6H2,1-2H3/t7?,8?,9?,10-,11+. The molecule has 2 aliphatic carbocycles. The highest BCUT2D eigenvalue weighted by Gasteiger charge is 2.52. The molecule has 0 aromatic heterocycles. The van der Waals surface area contributed by atoms with Crippen molar-refractivity contribution in [2.45, 2.75) is 6.92 Å². The van der Waals surface area contributed by atoms with Crippen LogP contribution >= 0.6 is 0 Å². The molecule has 1 nitrogen and oxygen atoms in total. The minimum absolute atomic E-state index is 0.921. The number of nitrogens with zero attached hydrogens (tertiary/aromatic N) is 1. The van der Waals surface area contributed by atoms with Crippen LogP contribution in [0.1, 0.15) is 6.92 Å². The minimum Gasteiger partial charge on any atom is -0.306 e.